The van der Waals surface area contributed by atoms with E-state index in [1.165, 1.54) is 0 Å². The largest absolute Gasteiger partial charge is 0.442 e. The molecule has 0 aromatic rings. The van der Waals surface area contributed by atoms with Crippen molar-refractivity contribution in [2.45, 2.75) is 37.8 Å². The van der Waals surface area contributed by atoms with Crippen molar-refractivity contribution in [3.05, 3.63) is 12.2 Å². The van der Waals surface area contributed by atoms with Crippen LogP contribution in [0.15, 0.2) is 12.2 Å². The summed E-state index contributed by atoms with van der Waals surface area (Å²) in [5.74, 6) is 0. The number of rotatable bonds is 2. The van der Waals surface area contributed by atoms with Crippen molar-refractivity contribution in [3.8, 4) is 0 Å². The third kappa shape index (κ3) is 5.34. The summed E-state index contributed by atoms with van der Waals surface area (Å²) in [5, 5.41) is 0. The van der Waals surface area contributed by atoms with Gasteiger partial charge in [-0.3, -0.25) is 7.06 Å². The maximum atomic E-state index is 11.0. The van der Waals surface area contributed by atoms with Crippen molar-refractivity contribution in [2.24, 2.45) is 0 Å². The molecule has 1 aliphatic carbocycles. The Morgan fingerprint density at radius 1 is 1.40 bits per heavy atom. The van der Waals surface area contributed by atoms with Gasteiger partial charge in [-0.15, -0.1) is 0 Å². The smallest absolute Gasteiger partial charge is 0.416 e. The van der Waals surface area contributed by atoms with Crippen molar-refractivity contribution in [2.75, 3.05) is 0 Å². The summed E-state index contributed by atoms with van der Waals surface area (Å²) in [7, 11) is 0. The van der Waals surface area contributed by atoms with Crippen LogP contribution in [0.5, 0.6) is 0 Å². The highest BCUT2D eigenvalue weighted by molar-refractivity contribution is 14.1. The number of carbonyl (C=O) groups excluding carboxylic acids is 1. The molecule has 0 bridgehead atoms. The number of carbonyl (C=O) groups is 1. The van der Waals surface area contributed by atoms with Gasteiger partial charge in [0.2, 0.25) is 0 Å². The van der Waals surface area contributed by atoms with Gasteiger partial charge in [-0.1, -0.05) is 6.08 Å². The van der Waals surface area contributed by atoms with Gasteiger partial charge < -0.3 is 4.74 Å². The van der Waals surface area contributed by atoms with E-state index in [1.807, 2.05) is 6.08 Å². The Kier molecular flexibility index (Phi) is 6.89. The second-order valence-electron chi connectivity index (χ2n) is 3.44. The molecule has 1 aliphatic rings. The predicted molar refractivity (Wildman–Crippen MR) is 76.0 cm³/mol. The van der Waals surface area contributed by atoms with Crippen LogP contribution in [-0.2, 0) is 4.74 Å². The molecular formula is C9H14I2N2O2. The van der Waals surface area contributed by atoms with Crippen molar-refractivity contribution in [1.29, 1.82) is 0 Å². The van der Waals surface area contributed by atoms with Crippen LogP contribution in [0.25, 0.3) is 0 Å². The van der Waals surface area contributed by atoms with Gasteiger partial charge in [0.05, 0.1) is 22.9 Å². The molecule has 0 radical (unpaired) electrons. The van der Waals surface area contributed by atoms with E-state index in [0.29, 0.717) is 6.04 Å². The fourth-order valence-electron chi connectivity index (χ4n) is 1.53. The summed E-state index contributed by atoms with van der Waals surface area (Å²) in [6, 6.07) is 0.543. The lowest BCUT2D eigenvalue weighted by Gasteiger charge is -2.19. The Balaban J connectivity index is 2.41. The summed E-state index contributed by atoms with van der Waals surface area (Å²) >= 11 is 3.96. The second kappa shape index (κ2) is 7.66. The van der Waals surface area contributed by atoms with Crippen LogP contribution in [0.2, 0.25) is 0 Å². The molecule has 1 amide bonds. The van der Waals surface area contributed by atoms with Gasteiger partial charge in [0.1, 0.15) is 6.10 Å². The number of halogens is 2. The standard InChI is InChI=1S/C9H14I2N2O2/c10-12-7-3-1-5-8(6-2-4-7)15-9(14)13-11/h1,5,7-8,12H,2-4,6H2,(H,13,14)/b5-1+. The Hall–Kier alpha value is 0.430. The topological polar surface area (TPSA) is 50.4 Å². The molecule has 0 aromatic carbocycles. The summed E-state index contributed by atoms with van der Waals surface area (Å²) in [6.45, 7) is 0. The normalized spacial score (nSPS) is 28.7. The van der Waals surface area contributed by atoms with Crippen molar-refractivity contribution < 1.29 is 9.53 Å². The molecule has 0 spiro atoms. The first-order valence-corrected chi connectivity index (χ1v) is 7.02. The predicted octanol–water partition coefficient (Wildman–Crippen LogP) is 2.87. The summed E-state index contributed by atoms with van der Waals surface area (Å²) in [5.41, 5.74) is 0. The van der Waals surface area contributed by atoms with E-state index in [2.05, 4.69) is 36.0 Å². The van der Waals surface area contributed by atoms with Crippen molar-refractivity contribution in [1.82, 2.24) is 7.06 Å². The molecule has 0 heterocycles. The first kappa shape index (κ1) is 13.5. The second-order valence-corrected chi connectivity index (χ2v) is 4.60. The average Bonchev–Trinajstić information content (AvgIpc) is 2.21. The zero-order chi connectivity index (χ0) is 11.1. The van der Waals surface area contributed by atoms with E-state index < -0.39 is 0 Å². The Bertz CT molecular complexity index is 236. The molecule has 2 atom stereocenters. The van der Waals surface area contributed by atoms with Gasteiger partial charge >= 0.3 is 6.09 Å². The minimum Gasteiger partial charge on any atom is -0.442 e. The minimum absolute atomic E-state index is 0.0741. The van der Waals surface area contributed by atoms with Crippen LogP contribution in [0.1, 0.15) is 25.7 Å². The van der Waals surface area contributed by atoms with Crippen LogP contribution >= 0.6 is 45.7 Å². The lowest BCUT2D eigenvalue weighted by atomic mass is 10.0. The molecule has 0 fully saturated rings. The highest BCUT2D eigenvalue weighted by Gasteiger charge is 2.14. The highest BCUT2D eigenvalue weighted by atomic mass is 127. The highest BCUT2D eigenvalue weighted by Crippen LogP contribution is 2.15. The quantitative estimate of drug-likeness (QED) is 0.398. The lowest BCUT2D eigenvalue weighted by Crippen LogP contribution is -2.25. The van der Waals surface area contributed by atoms with Gasteiger partial charge in [-0.05, 0) is 31.8 Å². The van der Waals surface area contributed by atoms with E-state index in [-0.39, 0.29) is 12.2 Å². The summed E-state index contributed by atoms with van der Waals surface area (Å²) in [4.78, 5) is 11.0. The Morgan fingerprint density at radius 2 is 2.20 bits per heavy atom. The molecule has 4 nitrogen and oxygen atoms in total. The van der Waals surface area contributed by atoms with Crippen LogP contribution in [-0.4, -0.2) is 18.2 Å². The zero-order valence-corrected chi connectivity index (χ0v) is 12.5. The minimum atomic E-state index is -0.366. The Labute approximate surface area is 118 Å². The van der Waals surface area contributed by atoms with Crippen LogP contribution in [0.4, 0.5) is 4.79 Å². The van der Waals surface area contributed by atoms with Gasteiger partial charge in [0.15, 0.2) is 0 Å². The summed E-state index contributed by atoms with van der Waals surface area (Å²) < 4.78 is 10.8. The van der Waals surface area contributed by atoms with E-state index in [9.17, 15) is 4.79 Å². The lowest BCUT2D eigenvalue weighted by molar-refractivity contribution is 0.120. The molecule has 0 saturated heterocycles. The fourth-order valence-corrected chi connectivity index (χ4v) is 2.22. The monoisotopic (exact) mass is 436 g/mol. The van der Waals surface area contributed by atoms with Crippen LogP contribution in [0, 0.1) is 0 Å². The number of hydrogen-bond donors (Lipinski definition) is 2. The molecule has 0 aromatic heterocycles. The molecule has 86 valence electrons. The maximum Gasteiger partial charge on any atom is 0.416 e. The van der Waals surface area contributed by atoms with E-state index in [1.54, 1.807) is 22.9 Å². The number of nitrogens with one attached hydrogen (secondary N) is 2. The number of amides is 1. The molecular weight excluding hydrogens is 422 g/mol. The third-order valence-corrected chi connectivity index (χ3v) is 3.62. The fraction of sp³-hybridized carbons (Fsp3) is 0.667. The molecule has 6 heteroatoms. The molecule has 0 saturated carbocycles. The number of hydrogen-bond acceptors (Lipinski definition) is 3. The van der Waals surface area contributed by atoms with Crippen molar-refractivity contribution in [3.63, 3.8) is 0 Å². The van der Waals surface area contributed by atoms with Crippen LogP contribution < -0.4 is 7.06 Å². The summed E-state index contributed by atoms with van der Waals surface area (Å²) in [6.07, 6.45) is 7.71. The Morgan fingerprint density at radius 3 is 2.87 bits per heavy atom. The van der Waals surface area contributed by atoms with Gasteiger partial charge in [0, 0.05) is 28.9 Å². The molecule has 0 aliphatic heterocycles. The van der Waals surface area contributed by atoms with Gasteiger partial charge in [-0.2, -0.15) is 0 Å². The van der Waals surface area contributed by atoms with E-state index >= 15 is 0 Å². The first-order valence-electron chi connectivity index (χ1n) is 4.86. The van der Waals surface area contributed by atoms with Gasteiger partial charge in [0.25, 0.3) is 0 Å². The maximum absolute atomic E-state index is 11.0. The molecule has 2 unspecified atom stereocenters. The van der Waals surface area contributed by atoms with Crippen molar-refractivity contribution >= 4 is 51.8 Å². The average molecular weight is 436 g/mol. The van der Waals surface area contributed by atoms with E-state index in [4.69, 9.17) is 4.74 Å². The number of ether oxygens (including phenoxy) is 1. The molecule has 2 N–H and O–H groups in total. The molecule has 15 heavy (non-hydrogen) atoms. The zero-order valence-electron chi connectivity index (χ0n) is 8.21. The van der Waals surface area contributed by atoms with E-state index in [0.717, 1.165) is 25.7 Å². The van der Waals surface area contributed by atoms with Crippen LogP contribution in [0.3, 0.4) is 0 Å². The first-order chi connectivity index (χ1) is 7.26. The third-order valence-electron chi connectivity index (χ3n) is 2.30. The van der Waals surface area contributed by atoms with Gasteiger partial charge in [-0.25, -0.2) is 4.79 Å². The SMILES string of the molecule is O=C(NI)OC1/C=C/CC(NI)CCC1. The molecule has 1 rings (SSSR count).